The normalized spacial score (nSPS) is 12.3. The van der Waals surface area contributed by atoms with Gasteiger partial charge in [-0.25, -0.2) is 4.39 Å². The summed E-state index contributed by atoms with van der Waals surface area (Å²) >= 11 is 0. The third-order valence-electron chi connectivity index (χ3n) is 4.44. The molecule has 0 bridgehead atoms. The van der Waals surface area contributed by atoms with Gasteiger partial charge in [-0.3, -0.25) is 4.79 Å². The molecule has 1 unspecified atom stereocenters. The van der Waals surface area contributed by atoms with Gasteiger partial charge in [0.2, 0.25) is 5.91 Å². The minimum Gasteiger partial charge on any atom is -0.356 e. The number of benzene rings is 1. The Hall–Kier alpha value is -2.21. The van der Waals surface area contributed by atoms with Crippen LogP contribution in [0.25, 0.3) is 11.3 Å². The maximum absolute atomic E-state index is 13.0. The van der Waals surface area contributed by atoms with Crippen molar-refractivity contribution < 1.29 is 13.7 Å². The van der Waals surface area contributed by atoms with E-state index in [4.69, 9.17) is 4.52 Å². The first kappa shape index (κ1) is 20.1. The molecule has 1 N–H and O–H groups in total. The topological polar surface area (TPSA) is 58.4 Å². The molecule has 0 aliphatic heterocycles. The Bertz CT molecular complexity index is 681. The average molecular weight is 361 g/mol. The molecule has 2 rings (SSSR count). The summed E-state index contributed by atoms with van der Waals surface area (Å²) in [5.74, 6) is 0.155. The largest absolute Gasteiger partial charge is 0.356 e. The van der Waals surface area contributed by atoms with Gasteiger partial charge < -0.3 is 14.7 Å². The second-order valence-electron chi connectivity index (χ2n) is 6.50. The summed E-state index contributed by atoms with van der Waals surface area (Å²) in [4.78, 5) is 14.5. The minimum atomic E-state index is -0.303. The molecular formula is C20H28FN3O2. The van der Waals surface area contributed by atoms with Crippen molar-refractivity contribution in [3.8, 4) is 11.3 Å². The van der Waals surface area contributed by atoms with Crippen LogP contribution >= 0.6 is 0 Å². The number of rotatable bonds is 10. The van der Waals surface area contributed by atoms with Crippen molar-refractivity contribution in [2.45, 2.75) is 46.1 Å². The van der Waals surface area contributed by atoms with E-state index in [0.717, 1.165) is 38.0 Å². The zero-order chi connectivity index (χ0) is 18.9. The fourth-order valence-corrected chi connectivity index (χ4v) is 2.87. The zero-order valence-corrected chi connectivity index (χ0v) is 15.8. The predicted molar refractivity (Wildman–Crippen MR) is 100 cm³/mol. The van der Waals surface area contributed by atoms with Gasteiger partial charge in [0.05, 0.1) is 12.1 Å². The second kappa shape index (κ2) is 10.1. The van der Waals surface area contributed by atoms with E-state index >= 15 is 0 Å². The van der Waals surface area contributed by atoms with Crippen molar-refractivity contribution in [3.05, 3.63) is 41.8 Å². The van der Waals surface area contributed by atoms with Gasteiger partial charge in [-0.05, 0) is 63.7 Å². The summed E-state index contributed by atoms with van der Waals surface area (Å²) in [6, 6.07) is 7.82. The van der Waals surface area contributed by atoms with Crippen molar-refractivity contribution in [1.29, 1.82) is 0 Å². The lowest BCUT2D eigenvalue weighted by Crippen LogP contribution is -2.34. The molecule has 1 aromatic heterocycles. The Labute approximate surface area is 154 Å². The summed E-state index contributed by atoms with van der Waals surface area (Å²) in [5, 5.41) is 6.94. The minimum absolute atomic E-state index is 0.0701. The molecule has 1 heterocycles. The summed E-state index contributed by atoms with van der Waals surface area (Å²) < 4.78 is 18.2. The molecule has 1 aromatic carbocycles. The molecule has 0 spiro atoms. The first-order valence-corrected chi connectivity index (χ1v) is 9.25. The van der Waals surface area contributed by atoms with Gasteiger partial charge in [0, 0.05) is 17.7 Å². The van der Waals surface area contributed by atoms with Crippen LogP contribution in [0.1, 0.15) is 39.3 Å². The molecule has 0 aliphatic rings. The molecule has 0 saturated heterocycles. The fourth-order valence-electron chi connectivity index (χ4n) is 2.87. The highest BCUT2D eigenvalue weighted by atomic mass is 19.1. The van der Waals surface area contributed by atoms with Crippen LogP contribution in [0.5, 0.6) is 0 Å². The quantitative estimate of drug-likeness (QED) is 0.702. The molecule has 2 aromatic rings. The van der Waals surface area contributed by atoms with Gasteiger partial charge in [0.15, 0.2) is 5.76 Å². The van der Waals surface area contributed by atoms with Gasteiger partial charge in [0.25, 0.3) is 0 Å². The van der Waals surface area contributed by atoms with Gasteiger partial charge in [-0.15, -0.1) is 0 Å². The van der Waals surface area contributed by atoms with E-state index in [1.807, 2.05) is 6.92 Å². The van der Waals surface area contributed by atoms with Crippen LogP contribution < -0.4 is 5.32 Å². The smallest absolute Gasteiger partial charge is 0.226 e. The molecule has 0 saturated carbocycles. The van der Waals surface area contributed by atoms with Crippen LogP contribution in [0, 0.1) is 5.82 Å². The highest BCUT2D eigenvalue weighted by Gasteiger charge is 2.13. The first-order chi connectivity index (χ1) is 12.5. The van der Waals surface area contributed by atoms with Crippen LogP contribution in [0.4, 0.5) is 4.39 Å². The van der Waals surface area contributed by atoms with E-state index in [1.165, 1.54) is 12.1 Å². The van der Waals surface area contributed by atoms with Crippen molar-refractivity contribution in [2.75, 3.05) is 19.6 Å². The summed E-state index contributed by atoms with van der Waals surface area (Å²) in [6.07, 6.45) is 2.18. The van der Waals surface area contributed by atoms with Crippen LogP contribution in [0.3, 0.4) is 0 Å². The Morgan fingerprint density at radius 3 is 2.62 bits per heavy atom. The molecule has 6 heteroatoms. The predicted octanol–water partition coefficient (Wildman–Crippen LogP) is 3.65. The number of halogens is 1. The third-order valence-corrected chi connectivity index (χ3v) is 4.44. The summed E-state index contributed by atoms with van der Waals surface area (Å²) in [6.45, 7) is 9.50. The summed E-state index contributed by atoms with van der Waals surface area (Å²) in [7, 11) is 0. The molecule has 0 aliphatic carbocycles. The maximum Gasteiger partial charge on any atom is 0.226 e. The number of nitrogens with zero attached hydrogens (tertiary/aromatic N) is 2. The lowest BCUT2D eigenvalue weighted by molar-refractivity contribution is -0.121. The SMILES string of the molecule is CCN(CC)CCCC(C)NC(=O)Cc1cc(-c2ccc(F)cc2)on1. The Morgan fingerprint density at radius 1 is 1.27 bits per heavy atom. The number of hydrogen-bond acceptors (Lipinski definition) is 4. The van der Waals surface area contributed by atoms with Gasteiger partial charge >= 0.3 is 0 Å². The number of nitrogens with one attached hydrogen (secondary N) is 1. The highest BCUT2D eigenvalue weighted by molar-refractivity contribution is 5.78. The third kappa shape index (κ3) is 6.26. The lowest BCUT2D eigenvalue weighted by Gasteiger charge is -2.19. The van der Waals surface area contributed by atoms with Gasteiger partial charge in [-0.2, -0.15) is 0 Å². The van der Waals surface area contributed by atoms with E-state index in [1.54, 1.807) is 18.2 Å². The molecular weight excluding hydrogens is 333 g/mol. The molecule has 0 radical (unpaired) electrons. The highest BCUT2D eigenvalue weighted by Crippen LogP contribution is 2.20. The fraction of sp³-hybridized carbons (Fsp3) is 0.500. The van der Waals surface area contributed by atoms with E-state index in [0.29, 0.717) is 11.5 Å². The first-order valence-electron chi connectivity index (χ1n) is 9.25. The molecule has 5 nitrogen and oxygen atoms in total. The standard InChI is InChI=1S/C20H28FN3O2/c1-4-24(5-2)12-6-7-15(3)22-20(25)14-18-13-19(26-23-18)16-8-10-17(21)11-9-16/h8-11,13,15H,4-7,12,14H2,1-3H3,(H,22,25). The molecule has 0 fully saturated rings. The van der Waals surface area contributed by atoms with E-state index in [2.05, 4.69) is 29.2 Å². The van der Waals surface area contributed by atoms with E-state index < -0.39 is 0 Å². The van der Waals surface area contributed by atoms with Gasteiger partial charge in [0.1, 0.15) is 5.82 Å². The summed E-state index contributed by atoms with van der Waals surface area (Å²) in [5.41, 5.74) is 1.30. The van der Waals surface area contributed by atoms with Crippen LogP contribution in [-0.2, 0) is 11.2 Å². The van der Waals surface area contributed by atoms with Crippen molar-refractivity contribution in [2.24, 2.45) is 0 Å². The number of amides is 1. The van der Waals surface area contributed by atoms with Gasteiger partial charge in [-0.1, -0.05) is 19.0 Å². The van der Waals surface area contributed by atoms with Crippen molar-refractivity contribution in [3.63, 3.8) is 0 Å². The number of carbonyl (C=O) groups excluding carboxylic acids is 1. The molecule has 1 atom stereocenters. The van der Waals surface area contributed by atoms with E-state index in [9.17, 15) is 9.18 Å². The zero-order valence-electron chi connectivity index (χ0n) is 15.8. The van der Waals surface area contributed by atoms with Crippen LogP contribution in [-0.4, -0.2) is 41.6 Å². The number of hydrogen-bond donors (Lipinski definition) is 1. The van der Waals surface area contributed by atoms with Crippen molar-refractivity contribution >= 4 is 5.91 Å². The Morgan fingerprint density at radius 2 is 1.96 bits per heavy atom. The van der Waals surface area contributed by atoms with Crippen molar-refractivity contribution in [1.82, 2.24) is 15.4 Å². The Balaban J connectivity index is 1.78. The molecule has 1 amide bonds. The number of carbonyl (C=O) groups is 1. The second-order valence-corrected chi connectivity index (χ2v) is 6.50. The van der Waals surface area contributed by atoms with Crippen LogP contribution in [0.2, 0.25) is 0 Å². The average Bonchev–Trinajstić information content (AvgIpc) is 3.07. The number of aromatic nitrogens is 1. The lowest BCUT2D eigenvalue weighted by atomic mass is 10.1. The maximum atomic E-state index is 13.0. The molecule has 142 valence electrons. The Kier molecular flexibility index (Phi) is 7.78. The van der Waals surface area contributed by atoms with Crippen LogP contribution in [0.15, 0.2) is 34.9 Å². The molecule has 26 heavy (non-hydrogen) atoms. The van der Waals surface area contributed by atoms with E-state index in [-0.39, 0.29) is 24.2 Å². The monoisotopic (exact) mass is 361 g/mol.